The molecule has 1 atom stereocenters. The van der Waals surface area contributed by atoms with Gasteiger partial charge in [-0.1, -0.05) is 43.2 Å². The number of amides is 1. The standard InChI is InChI=1S/C28H32N4O3/c33-25(11-10-22-7-2-1-3-8-22)31-16-14-28(35,27(19-31)12-4-5-13-27)20-32-21-30-24(17-26(32)34)23-9-6-15-29-18-23/h1-3,6-9,15,17-18,21,35H,4-5,10-14,16,19-20H2. The molecule has 1 saturated heterocycles. The Morgan fingerprint density at radius 2 is 1.86 bits per heavy atom. The first-order valence-corrected chi connectivity index (χ1v) is 12.5. The van der Waals surface area contributed by atoms with Gasteiger partial charge in [-0.2, -0.15) is 0 Å². The van der Waals surface area contributed by atoms with E-state index in [2.05, 4.69) is 9.97 Å². The fraction of sp³-hybridized carbons (Fsp3) is 0.429. The minimum atomic E-state index is -1.05. The van der Waals surface area contributed by atoms with Crippen molar-refractivity contribution < 1.29 is 9.90 Å². The number of aliphatic hydroxyl groups is 1. The molecule has 1 unspecified atom stereocenters. The normalized spacial score (nSPS) is 21.3. The molecule has 1 spiro atoms. The lowest BCUT2D eigenvalue weighted by Gasteiger charge is -2.52. The molecule has 3 heterocycles. The number of aromatic nitrogens is 3. The smallest absolute Gasteiger partial charge is 0.253 e. The van der Waals surface area contributed by atoms with Crippen LogP contribution in [0.25, 0.3) is 11.3 Å². The van der Waals surface area contributed by atoms with Gasteiger partial charge < -0.3 is 10.0 Å². The molecule has 35 heavy (non-hydrogen) atoms. The Bertz CT molecular complexity index is 1220. The van der Waals surface area contributed by atoms with E-state index in [1.54, 1.807) is 12.4 Å². The zero-order chi connectivity index (χ0) is 24.3. The summed E-state index contributed by atoms with van der Waals surface area (Å²) in [5.74, 6) is 0.141. The van der Waals surface area contributed by atoms with Gasteiger partial charge in [-0.05, 0) is 43.4 Å². The van der Waals surface area contributed by atoms with Gasteiger partial charge in [0.15, 0.2) is 0 Å². The Morgan fingerprint density at radius 1 is 1.06 bits per heavy atom. The molecule has 1 aromatic carbocycles. The molecular weight excluding hydrogens is 440 g/mol. The number of carbonyl (C=O) groups excluding carboxylic acids is 1. The van der Waals surface area contributed by atoms with E-state index in [1.807, 2.05) is 47.4 Å². The average molecular weight is 473 g/mol. The largest absolute Gasteiger partial charge is 0.387 e. The predicted octanol–water partition coefficient (Wildman–Crippen LogP) is 3.46. The van der Waals surface area contributed by atoms with Crippen LogP contribution in [0.3, 0.4) is 0 Å². The Balaban J connectivity index is 1.31. The molecule has 1 aliphatic carbocycles. The van der Waals surface area contributed by atoms with Crippen LogP contribution in [0.1, 0.15) is 44.1 Å². The van der Waals surface area contributed by atoms with Crippen LogP contribution in [0.15, 0.2) is 72.0 Å². The first-order valence-electron chi connectivity index (χ1n) is 12.5. The number of piperidine rings is 1. The maximum atomic E-state index is 13.1. The number of aryl methyl sites for hydroxylation is 1. The molecule has 1 amide bonds. The van der Waals surface area contributed by atoms with Crippen molar-refractivity contribution in [1.82, 2.24) is 19.4 Å². The van der Waals surface area contributed by atoms with Crippen molar-refractivity contribution in [3.05, 3.63) is 83.2 Å². The van der Waals surface area contributed by atoms with E-state index in [-0.39, 0.29) is 18.0 Å². The van der Waals surface area contributed by atoms with E-state index >= 15 is 0 Å². The molecule has 7 heteroatoms. The second-order valence-corrected chi connectivity index (χ2v) is 10.1. The van der Waals surface area contributed by atoms with Gasteiger partial charge in [-0.15, -0.1) is 0 Å². The molecule has 182 valence electrons. The number of hydrogen-bond donors (Lipinski definition) is 1. The van der Waals surface area contributed by atoms with Crippen LogP contribution in [0.4, 0.5) is 0 Å². The maximum absolute atomic E-state index is 13.1. The molecule has 5 rings (SSSR count). The molecule has 3 aromatic rings. The SMILES string of the molecule is O=C(CCc1ccccc1)N1CCC(O)(Cn2cnc(-c3cccnc3)cc2=O)C2(CCCC2)C1. The summed E-state index contributed by atoms with van der Waals surface area (Å²) in [7, 11) is 0. The topological polar surface area (TPSA) is 88.3 Å². The van der Waals surface area contributed by atoms with E-state index < -0.39 is 11.0 Å². The zero-order valence-corrected chi connectivity index (χ0v) is 20.0. The molecule has 1 saturated carbocycles. The number of hydrogen-bond acceptors (Lipinski definition) is 5. The van der Waals surface area contributed by atoms with E-state index in [0.29, 0.717) is 31.6 Å². The lowest BCUT2D eigenvalue weighted by atomic mass is 9.65. The summed E-state index contributed by atoms with van der Waals surface area (Å²) in [5.41, 5.74) is 0.870. The van der Waals surface area contributed by atoms with E-state index in [1.165, 1.54) is 17.0 Å². The predicted molar refractivity (Wildman–Crippen MR) is 134 cm³/mol. The van der Waals surface area contributed by atoms with Crippen molar-refractivity contribution in [2.75, 3.05) is 13.1 Å². The highest BCUT2D eigenvalue weighted by molar-refractivity contribution is 5.76. The van der Waals surface area contributed by atoms with E-state index in [4.69, 9.17) is 0 Å². The van der Waals surface area contributed by atoms with Crippen LogP contribution < -0.4 is 5.56 Å². The maximum Gasteiger partial charge on any atom is 0.253 e. The second kappa shape index (κ2) is 9.74. The van der Waals surface area contributed by atoms with Crippen molar-refractivity contribution in [3.8, 4) is 11.3 Å². The highest BCUT2D eigenvalue weighted by atomic mass is 16.3. The van der Waals surface area contributed by atoms with Gasteiger partial charge in [-0.25, -0.2) is 4.98 Å². The van der Waals surface area contributed by atoms with E-state index in [0.717, 1.165) is 43.2 Å². The van der Waals surface area contributed by atoms with Gasteiger partial charge in [0.25, 0.3) is 5.56 Å². The lowest BCUT2D eigenvalue weighted by molar-refractivity contribution is -0.160. The Kier molecular flexibility index (Phi) is 6.52. The Labute approximate surface area is 205 Å². The molecule has 2 aliphatic rings. The quantitative estimate of drug-likeness (QED) is 0.594. The number of nitrogens with zero attached hydrogens (tertiary/aromatic N) is 4. The second-order valence-electron chi connectivity index (χ2n) is 10.1. The average Bonchev–Trinajstić information content (AvgIpc) is 3.37. The Morgan fingerprint density at radius 3 is 2.57 bits per heavy atom. The highest BCUT2D eigenvalue weighted by Gasteiger charge is 2.55. The van der Waals surface area contributed by atoms with E-state index in [9.17, 15) is 14.7 Å². The highest BCUT2D eigenvalue weighted by Crippen LogP contribution is 2.51. The summed E-state index contributed by atoms with van der Waals surface area (Å²) in [4.78, 5) is 36.5. The number of rotatable bonds is 6. The third kappa shape index (κ3) is 4.78. The summed E-state index contributed by atoms with van der Waals surface area (Å²) in [5, 5.41) is 12.0. The molecule has 2 fully saturated rings. The monoisotopic (exact) mass is 472 g/mol. The summed E-state index contributed by atoms with van der Waals surface area (Å²) in [6.07, 6.45) is 10.3. The Hall–Kier alpha value is -3.32. The van der Waals surface area contributed by atoms with Gasteiger partial charge in [0.2, 0.25) is 5.91 Å². The molecule has 7 nitrogen and oxygen atoms in total. The van der Waals surface area contributed by atoms with Crippen molar-refractivity contribution in [1.29, 1.82) is 0 Å². The summed E-state index contributed by atoms with van der Waals surface area (Å²) >= 11 is 0. The van der Waals surface area contributed by atoms with Gasteiger partial charge in [0, 0.05) is 48.9 Å². The molecule has 0 radical (unpaired) electrons. The molecule has 0 bridgehead atoms. The molecule has 1 N–H and O–H groups in total. The van der Waals surface area contributed by atoms with Crippen LogP contribution in [0, 0.1) is 5.41 Å². The van der Waals surface area contributed by atoms with Crippen molar-refractivity contribution in [2.45, 2.75) is 57.1 Å². The minimum Gasteiger partial charge on any atom is -0.387 e. The van der Waals surface area contributed by atoms with Gasteiger partial charge >= 0.3 is 0 Å². The zero-order valence-electron chi connectivity index (χ0n) is 20.0. The number of carbonyl (C=O) groups is 1. The minimum absolute atomic E-state index is 0.141. The third-order valence-electron chi connectivity index (χ3n) is 7.93. The van der Waals surface area contributed by atoms with Gasteiger partial charge in [-0.3, -0.25) is 19.1 Å². The number of benzene rings is 1. The van der Waals surface area contributed by atoms with Gasteiger partial charge in [0.1, 0.15) is 0 Å². The fourth-order valence-electron chi connectivity index (χ4n) is 5.86. The first-order chi connectivity index (χ1) is 17.0. The van der Waals surface area contributed by atoms with Crippen molar-refractivity contribution in [2.24, 2.45) is 5.41 Å². The van der Waals surface area contributed by atoms with Crippen molar-refractivity contribution in [3.63, 3.8) is 0 Å². The van der Waals surface area contributed by atoms with Crippen LogP contribution in [0.2, 0.25) is 0 Å². The van der Waals surface area contributed by atoms with Crippen molar-refractivity contribution >= 4 is 5.91 Å². The fourth-order valence-corrected chi connectivity index (χ4v) is 5.86. The lowest BCUT2D eigenvalue weighted by Crippen LogP contribution is -2.62. The molecular formula is C28H32N4O3. The summed E-state index contributed by atoms with van der Waals surface area (Å²) < 4.78 is 1.52. The van der Waals surface area contributed by atoms with Crippen LogP contribution in [-0.4, -0.2) is 49.1 Å². The molecule has 2 aromatic heterocycles. The number of likely N-dealkylation sites (tertiary alicyclic amines) is 1. The van der Waals surface area contributed by atoms with Crippen LogP contribution in [0.5, 0.6) is 0 Å². The van der Waals surface area contributed by atoms with Gasteiger partial charge in [0.05, 0.1) is 24.2 Å². The summed E-state index contributed by atoms with van der Waals surface area (Å²) in [6.45, 7) is 1.24. The third-order valence-corrected chi connectivity index (χ3v) is 7.93. The molecule has 1 aliphatic heterocycles. The summed E-state index contributed by atoms with van der Waals surface area (Å²) in [6, 6.07) is 15.2. The number of pyridine rings is 1. The van der Waals surface area contributed by atoms with Crippen LogP contribution in [-0.2, 0) is 17.8 Å². The first kappa shape index (κ1) is 23.4. The van der Waals surface area contributed by atoms with Crippen LogP contribution >= 0.6 is 0 Å².